The molecule has 0 bridgehead atoms. The van der Waals surface area contributed by atoms with E-state index >= 15 is 0 Å². The third-order valence-electron chi connectivity index (χ3n) is 0.786. The molecule has 1 aromatic heterocycles. The van der Waals surface area contributed by atoms with Crippen molar-refractivity contribution in [3.63, 3.8) is 0 Å². The van der Waals surface area contributed by atoms with Crippen LogP contribution >= 0.6 is 15.9 Å². The molecule has 0 aliphatic heterocycles. The summed E-state index contributed by atoms with van der Waals surface area (Å²) in [5.74, 6) is 0. The van der Waals surface area contributed by atoms with Crippen LogP contribution in [0.2, 0.25) is 0 Å². The molecule has 0 saturated heterocycles. The molecular weight excluding hydrogens is 196 g/mol. The first-order valence-corrected chi connectivity index (χ1v) is 2.89. The lowest BCUT2D eigenvalue weighted by Crippen LogP contribution is -1.79. The highest BCUT2D eigenvalue weighted by Gasteiger charge is 2.14. The normalized spacial score (nSPS) is 10.7. The molecule has 5 heteroatoms. The number of halogens is 3. The van der Waals surface area contributed by atoms with Crippen LogP contribution in [0.1, 0.15) is 12.0 Å². The number of aromatic nitrogens is 1. The van der Waals surface area contributed by atoms with Gasteiger partial charge in [-0.15, -0.1) is 0 Å². The lowest BCUT2D eigenvalue weighted by atomic mass is 10.4. The molecule has 0 aliphatic carbocycles. The second-order valence-electron chi connectivity index (χ2n) is 1.36. The molecule has 1 rings (SSSR count). The van der Waals surface area contributed by atoms with Crippen LogP contribution in [-0.2, 0) is 0 Å². The van der Waals surface area contributed by atoms with Crippen molar-refractivity contribution in [2.75, 3.05) is 0 Å². The first kappa shape index (κ1) is 6.67. The Morgan fingerprint density at radius 1 is 1.67 bits per heavy atom. The lowest BCUT2D eigenvalue weighted by molar-refractivity contribution is 0.150. The van der Waals surface area contributed by atoms with Crippen LogP contribution in [-0.4, -0.2) is 5.16 Å². The molecule has 9 heavy (non-hydrogen) atoms. The van der Waals surface area contributed by atoms with E-state index in [-0.39, 0.29) is 10.2 Å². The summed E-state index contributed by atoms with van der Waals surface area (Å²) < 4.78 is 27.8. The molecule has 0 radical (unpaired) electrons. The average molecular weight is 198 g/mol. The maximum Gasteiger partial charge on any atom is 0.269 e. The van der Waals surface area contributed by atoms with Gasteiger partial charge in [-0.25, -0.2) is 8.78 Å². The smallest absolute Gasteiger partial charge is 0.269 e. The Bertz CT molecular complexity index is 200. The fourth-order valence-electron chi connectivity index (χ4n) is 0.372. The molecule has 0 amide bonds. The van der Waals surface area contributed by atoms with E-state index < -0.39 is 6.43 Å². The van der Waals surface area contributed by atoms with Gasteiger partial charge in [-0.1, -0.05) is 5.16 Å². The van der Waals surface area contributed by atoms with Crippen LogP contribution in [0, 0.1) is 0 Å². The summed E-state index contributed by atoms with van der Waals surface area (Å²) in [6.07, 6.45) is -1.61. The van der Waals surface area contributed by atoms with Gasteiger partial charge in [0.05, 0.1) is 5.56 Å². The molecule has 0 atom stereocenters. The second kappa shape index (κ2) is 2.43. The third-order valence-corrected chi connectivity index (χ3v) is 1.39. The predicted molar refractivity (Wildman–Crippen MR) is 29.2 cm³/mol. The zero-order valence-corrected chi connectivity index (χ0v) is 5.73. The Morgan fingerprint density at radius 2 is 2.33 bits per heavy atom. The van der Waals surface area contributed by atoms with Crippen LogP contribution in [0.4, 0.5) is 8.78 Å². The lowest BCUT2D eigenvalue weighted by Gasteiger charge is -1.88. The highest BCUT2D eigenvalue weighted by Crippen LogP contribution is 2.25. The van der Waals surface area contributed by atoms with E-state index in [0.29, 0.717) is 0 Å². The SMILES string of the molecule is FC(F)c1conc1Br. The number of nitrogens with zero attached hydrogens (tertiary/aromatic N) is 1. The summed E-state index contributed by atoms with van der Waals surface area (Å²) in [5.41, 5.74) is -0.213. The minimum Gasteiger partial charge on any atom is -0.363 e. The second-order valence-corrected chi connectivity index (χ2v) is 2.11. The van der Waals surface area contributed by atoms with Crippen molar-refractivity contribution in [2.45, 2.75) is 6.43 Å². The number of rotatable bonds is 1. The molecule has 0 N–H and O–H groups in total. The van der Waals surface area contributed by atoms with Gasteiger partial charge in [0.15, 0.2) is 4.60 Å². The fourth-order valence-corrected chi connectivity index (χ4v) is 0.722. The highest BCUT2D eigenvalue weighted by molar-refractivity contribution is 9.10. The van der Waals surface area contributed by atoms with Gasteiger partial charge < -0.3 is 4.52 Å². The van der Waals surface area contributed by atoms with E-state index in [1.165, 1.54) is 0 Å². The molecule has 50 valence electrons. The van der Waals surface area contributed by atoms with Crippen molar-refractivity contribution in [1.82, 2.24) is 5.16 Å². The van der Waals surface area contributed by atoms with E-state index in [1.54, 1.807) is 0 Å². The van der Waals surface area contributed by atoms with Crippen molar-refractivity contribution < 1.29 is 13.3 Å². The van der Waals surface area contributed by atoms with E-state index in [1.807, 2.05) is 0 Å². The first-order chi connectivity index (χ1) is 4.22. The predicted octanol–water partition coefficient (Wildman–Crippen LogP) is 2.37. The Morgan fingerprint density at radius 3 is 2.56 bits per heavy atom. The van der Waals surface area contributed by atoms with Crippen molar-refractivity contribution in [3.8, 4) is 0 Å². The van der Waals surface area contributed by atoms with Crippen molar-refractivity contribution >= 4 is 15.9 Å². The zero-order valence-electron chi connectivity index (χ0n) is 4.14. The molecule has 0 aliphatic rings. The Hall–Kier alpha value is -0.450. The minimum atomic E-state index is -2.52. The number of alkyl halides is 2. The molecule has 1 aromatic rings. The Kier molecular flexibility index (Phi) is 1.80. The van der Waals surface area contributed by atoms with E-state index in [2.05, 4.69) is 25.6 Å². The molecule has 0 spiro atoms. The topological polar surface area (TPSA) is 26.0 Å². The molecule has 0 unspecified atom stereocenters. The average Bonchev–Trinajstić information content (AvgIpc) is 2.13. The standard InChI is InChI=1S/C4H2BrF2NO/c5-3-2(4(6)7)1-9-8-3/h1,4H. The Balaban J connectivity index is 2.94. The van der Waals surface area contributed by atoms with Crippen LogP contribution in [0.5, 0.6) is 0 Å². The quantitative estimate of drug-likeness (QED) is 0.692. The van der Waals surface area contributed by atoms with Crippen LogP contribution in [0.25, 0.3) is 0 Å². The fraction of sp³-hybridized carbons (Fsp3) is 0.250. The summed E-state index contributed by atoms with van der Waals surface area (Å²) in [5, 5.41) is 3.20. The molecule has 0 fully saturated rings. The van der Waals surface area contributed by atoms with Gasteiger partial charge in [0.25, 0.3) is 6.43 Å². The van der Waals surface area contributed by atoms with Gasteiger partial charge >= 0.3 is 0 Å². The molecule has 2 nitrogen and oxygen atoms in total. The third kappa shape index (κ3) is 1.27. The maximum atomic E-state index is 11.7. The van der Waals surface area contributed by atoms with E-state index in [0.717, 1.165) is 6.26 Å². The van der Waals surface area contributed by atoms with Gasteiger partial charge in [-0.05, 0) is 15.9 Å². The van der Waals surface area contributed by atoms with Gasteiger partial charge in [-0.2, -0.15) is 0 Å². The summed E-state index contributed by atoms with van der Waals surface area (Å²) in [7, 11) is 0. The minimum absolute atomic E-state index is 0.0671. The summed E-state index contributed by atoms with van der Waals surface area (Å²) in [6.45, 7) is 0. The van der Waals surface area contributed by atoms with Gasteiger partial charge in [-0.3, -0.25) is 0 Å². The molecule has 0 saturated carbocycles. The summed E-state index contributed by atoms with van der Waals surface area (Å²) in [6, 6.07) is 0. The van der Waals surface area contributed by atoms with Crippen molar-refractivity contribution in [2.24, 2.45) is 0 Å². The van der Waals surface area contributed by atoms with E-state index in [9.17, 15) is 8.78 Å². The largest absolute Gasteiger partial charge is 0.363 e. The maximum absolute atomic E-state index is 11.7. The van der Waals surface area contributed by atoms with Gasteiger partial charge in [0.1, 0.15) is 6.26 Å². The monoisotopic (exact) mass is 197 g/mol. The van der Waals surface area contributed by atoms with Crippen LogP contribution < -0.4 is 0 Å². The Labute approximate surface area is 58.0 Å². The zero-order chi connectivity index (χ0) is 6.85. The molecule has 0 aromatic carbocycles. The summed E-state index contributed by atoms with van der Waals surface area (Å²) >= 11 is 2.78. The van der Waals surface area contributed by atoms with E-state index in [4.69, 9.17) is 0 Å². The van der Waals surface area contributed by atoms with Crippen LogP contribution in [0.3, 0.4) is 0 Å². The van der Waals surface area contributed by atoms with Crippen molar-refractivity contribution in [1.29, 1.82) is 0 Å². The molecule has 1 heterocycles. The van der Waals surface area contributed by atoms with Gasteiger partial charge in [0, 0.05) is 0 Å². The van der Waals surface area contributed by atoms with Gasteiger partial charge in [0.2, 0.25) is 0 Å². The van der Waals surface area contributed by atoms with Crippen LogP contribution in [0.15, 0.2) is 15.4 Å². The van der Waals surface area contributed by atoms with Crippen molar-refractivity contribution in [3.05, 3.63) is 16.4 Å². The number of hydrogen-bond donors (Lipinski definition) is 0. The molecular formula is C4H2BrF2NO. The summed E-state index contributed by atoms with van der Waals surface area (Å²) in [4.78, 5) is 0. The first-order valence-electron chi connectivity index (χ1n) is 2.09. The number of hydrogen-bond acceptors (Lipinski definition) is 2. The highest BCUT2D eigenvalue weighted by atomic mass is 79.9.